The molecule has 124 valence electrons. The normalized spacial score (nSPS) is 17.2. The van der Waals surface area contributed by atoms with Crippen molar-refractivity contribution in [1.29, 1.82) is 0 Å². The van der Waals surface area contributed by atoms with Crippen LogP contribution in [0.5, 0.6) is 0 Å². The molecule has 0 spiro atoms. The Morgan fingerprint density at radius 1 is 1.00 bits per heavy atom. The molecule has 0 radical (unpaired) electrons. The van der Waals surface area contributed by atoms with Gasteiger partial charge in [0.05, 0.1) is 10.6 Å². The third kappa shape index (κ3) is 3.87. The van der Waals surface area contributed by atoms with Crippen LogP contribution in [0.2, 0.25) is 0 Å². The molecule has 1 fully saturated rings. The van der Waals surface area contributed by atoms with Gasteiger partial charge >= 0.3 is 0 Å². The van der Waals surface area contributed by atoms with Gasteiger partial charge in [0.15, 0.2) is 0 Å². The smallest absolute Gasteiger partial charge is 0.212 e. The molecule has 1 aromatic carbocycles. The molecule has 1 heterocycles. The Balaban J connectivity index is 2.03. The van der Waals surface area contributed by atoms with E-state index in [4.69, 9.17) is 0 Å². The number of rotatable bonds is 6. The Kier molecular flexibility index (Phi) is 5.26. The van der Waals surface area contributed by atoms with Gasteiger partial charge in [-0.2, -0.15) is 0 Å². The molecular weight excluding hydrogens is 324 g/mol. The molecule has 22 heavy (non-hydrogen) atoms. The van der Waals surface area contributed by atoms with E-state index >= 15 is 0 Å². The minimum Gasteiger partial charge on any atom is -0.212 e. The molecule has 8 heteroatoms. The van der Waals surface area contributed by atoms with E-state index in [9.17, 15) is 16.8 Å². The van der Waals surface area contributed by atoms with Crippen LogP contribution in [0.3, 0.4) is 0 Å². The van der Waals surface area contributed by atoms with Gasteiger partial charge in [0.2, 0.25) is 20.0 Å². The van der Waals surface area contributed by atoms with Crippen LogP contribution in [0, 0.1) is 0 Å². The fraction of sp³-hybridized carbons (Fsp3) is 0.571. The highest BCUT2D eigenvalue weighted by molar-refractivity contribution is 7.89. The van der Waals surface area contributed by atoms with Crippen molar-refractivity contribution in [2.75, 3.05) is 32.9 Å². The molecule has 0 amide bonds. The first-order valence-electron chi connectivity index (χ1n) is 7.23. The number of hydrogen-bond acceptors (Lipinski definition) is 4. The standard InChI is InChI=1S/C14H22N2O4S2/c1-15(2)22(19,20)14-7-5-13(6-8-14)9-12-21(17,18)16-10-3-4-11-16/h5-8H,3-4,9-12H2,1-2H3. The third-order valence-electron chi connectivity index (χ3n) is 3.81. The van der Waals surface area contributed by atoms with Crippen LogP contribution < -0.4 is 0 Å². The first-order chi connectivity index (χ1) is 10.2. The highest BCUT2D eigenvalue weighted by atomic mass is 32.2. The molecule has 0 atom stereocenters. The summed E-state index contributed by atoms with van der Waals surface area (Å²) < 4.78 is 50.9. The average molecular weight is 346 g/mol. The predicted octanol–water partition coefficient (Wildman–Crippen LogP) is 0.905. The first kappa shape index (κ1) is 17.4. The van der Waals surface area contributed by atoms with E-state index < -0.39 is 20.0 Å². The van der Waals surface area contributed by atoms with E-state index in [1.165, 1.54) is 30.5 Å². The maximum Gasteiger partial charge on any atom is 0.242 e. The van der Waals surface area contributed by atoms with Crippen molar-refractivity contribution in [2.45, 2.75) is 24.2 Å². The van der Waals surface area contributed by atoms with Crippen LogP contribution >= 0.6 is 0 Å². The van der Waals surface area contributed by atoms with Crippen LogP contribution in [-0.2, 0) is 26.5 Å². The van der Waals surface area contributed by atoms with Gasteiger partial charge in [-0.05, 0) is 37.0 Å². The van der Waals surface area contributed by atoms with E-state index in [1.807, 2.05) is 0 Å². The molecule has 1 saturated heterocycles. The SMILES string of the molecule is CN(C)S(=O)(=O)c1ccc(CCS(=O)(=O)N2CCCC2)cc1. The lowest BCUT2D eigenvalue weighted by Crippen LogP contribution is -2.30. The monoisotopic (exact) mass is 346 g/mol. The number of aryl methyl sites for hydroxylation is 1. The summed E-state index contributed by atoms with van der Waals surface area (Å²) in [4.78, 5) is 0.212. The van der Waals surface area contributed by atoms with E-state index in [1.54, 1.807) is 12.1 Å². The lowest BCUT2D eigenvalue weighted by molar-refractivity contribution is 0.477. The molecule has 0 unspecified atom stereocenters. The second-order valence-electron chi connectivity index (χ2n) is 5.60. The Hall–Kier alpha value is -0.960. The molecule has 1 aromatic rings. The van der Waals surface area contributed by atoms with Crippen LogP contribution in [0.4, 0.5) is 0 Å². The summed E-state index contributed by atoms with van der Waals surface area (Å²) in [5, 5.41) is 0. The minimum atomic E-state index is -3.44. The van der Waals surface area contributed by atoms with E-state index in [-0.39, 0.29) is 10.6 Å². The maximum absolute atomic E-state index is 12.1. The number of sulfonamides is 2. The highest BCUT2D eigenvalue weighted by Gasteiger charge is 2.24. The third-order valence-corrected chi connectivity index (χ3v) is 7.51. The molecule has 2 rings (SSSR count). The average Bonchev–Trinajstić information content (AvgIpc) is 3.00. The summed E-state index contributed by atoms with van der Waals surface area (Å²) in [5.74, 6) is 0.0623. The topological polar surface area (TPSA) is 74.8 Å². The van der Waals surface area contributed by atoms with Gasteiger partial charge in [0.1, 0.15) is 0 Å². The summed E-state index contributed by atoms with van der Waals surface area (Å²) in [6, 6.07) is 6.39. The zero-order valence-electron chi connectivity index (χ0n) is 12.9. The van der Waals surface area contributed by atoms with E-state index in [0.29, 0.717) is 19.5 Å². The summed E-state index contributed by atoms with van der Waals surface area (Å²) in [6.45, 7) is 1.23. The van der Waals surface area contributed by atoms with Gasteiger partial charge in [-0.15, -0.1) is 0 Å². The zero-order chi connectivity index (χ0) is 16.4. The van der Waals surface area contributed by atoms with Gasteiger partial charge < -0.3 is 0 Å². The van der Waals surface area contributed by atoms with Gasteiger partial charge in [-0.1, -0.05) is 12.1 Å². The van der Waals surface area contributed by atoms with Gasteiger partial charge in [-0.25, -0.2) is 25.4 Å². The molecule has 1 aliphatic rings. The highest BCUT2D eigenvalue weighted by Crippen LogP contribution is 2.17. The summed E-state index contributed by atoms with van der Waals surface area (Å²) in [7, 11) is -3.69. The second-order valence-corrected chi connectivity index (χ2v) is 9.84. The molecule has 6 nitrogen and oxygen atoms in total. The van der Waals surface area contributed by atoms with Gasteiger partial charge in [0, 0.05) is 27.2 Å². The van der Waals surface area contributed by atoms with Crippen LogP contribution in [0.25, 0.3) is 0 Å². The Labute approximate surface area is 132 Å². The van der Waals surface area contributed by atoms with Crippen LogP contribution in [0.15, 0.2) is 29.2 Å². The summed E-state index contributed by atoms with van der Waals surface area (Å²) in [5.41, 5.74) is 0.820. The van der Waals surface area contributed by atoms with Crippen molar-refractivity contribution in [1.82, 2.24) is 8.61 Å². The molecule has 0 N–H and O–H groups in total. The fourth-order valence-electron chi connectivity index (χ4n) is 2.38. The van der Waals surface area contributed by atoms with Gasteiger partial charge in [0.25, 0.3) is 0 Å². The molecule has 0 aromatic heterocycles. The lowest BCUT2D eigenvalue weighted by Gasteiger charge is -2.15. The maximum atomic E-state index is 12.1. The summed E-state index contributed by atoms with van der Waals surface area (Å²) >= 11 is 0. The van der Waals surface area contributed by atoms with Crippen LogP contribution in [0.1, 0.15) is 18.4 Å². The van der Waals surface area contributed by atoms with Crippen molar-refractivity contribution in [3.8, 4) is 0 Å². The van der Waals surface area contributed by atoms with E-state index in [0.717, 1.165) is 22.7 Å². The number of benzene rings is 1. The Morgan fingerprint density at radius 2 is 1.55 bits per heavy atom. The second kappa shape index (κ2) is 6.66. The Morgan fingerprint density at radius 3 is 2.05 bits per heavy atom. The van der Waals surface area contributed by atoms with Crippen molar-refractivity contribution >= 4 is 20.0 Å². The predicted molar refractivity (Wildman–Crippen MR) is 85.6 cm³/mol. The molecule has 1 aliphatic heterocycles. The molecule has 0 aliphatic carbocycles. The van der Waals surface area contributed by atoms with E-state index in [2.05, 4.69) is 0 Å². The zero-order valence-corrected chi connectivity index (χ0v) is 14.5. The van der Waals surface area contributed by atoms with Crippen molar-refractivity contribution in [3.05, 3.63) is 29.8 Å². The lowest BCUT2D eigenvalue weighted by atomic mass is 10.2. The summed E-state index contributed by atoms with van der Waals surface area (Å²) in [6.07, 6.45) is 2.24. The van der Waals surface area contributed by atoms with Crippen LogP contribution in [-0.4, -0.2) is 58.4 Å². The first-order valence-corrected chi connectivity index (χ1v) is 10.3. The van der Waals surface area contributed by atoms with Crippen molar-refractivity contribution in [2.24, 2.45) is 0 Å². The largest absolute Gasteiger partial charge is 0.242 e. The van der Waals surface area contributed by atoms with Gasteiger partial charge in [-0.3, -0.25) is 0 Å². The fourth-order valence-corrected chi connectivity index (χ4v) is 4.85. The molecule has 0 saturated carbocycles. The van der Waals surface area contributed by atoms with Crippen molar-refractivity contribution < 1.29 is 16.8 Å². The van der Waals surface area contributed by atoms with Crippen molar-refractivity contribution in [3.63, 3.8) is 0 Å². The molecular formula is C14H22N2O4S2. The Bertz CT molecular complexity index is 704. The number of hydrogen-bond donors (Lipinski definition) is 0. The minimum absolute atomic E-state index is 0.0623. The molecule has 0 bridgehead atoms. The number of nitrogens with zero attached hydrogens (tertiary/aromatic N) is 2. The quantitative estimate of drug-likeness (QED) is 0.767.